The highest BCUT2D eigenvalue weighted by Gasteiger charge is 2.17. The number of non-ortho nitro benzene ring substituents is 1. The Morgan fingerprint density at radius 1 is 1.19 bits per heavy atom. The number of anilines is 1. The molecule has 0 aromatic heterocycles. The zero-order valence-electron chi connectivity index (χ0n) is 14.1. The molecule has 8 nitrogen and oxygen atoms in total. The summed E-state index contributed by atoms with van der Waals surface area (Å²) in [6.07, 6.45) is 0.803. The van der Waals surface area contributed by atoms with Gasteiger partial charge < -0.3 is 15.2 Å². The van der Waals surface area contributed by atoms with Crippen molar-refractivity contribution in [3.05, 3.63) is 69.8 Å². The normalized spacial score (nSPS) is 10.9. The number of benzene rings is 2. The van der Waals surface area contributed by atoms with E-state index in [1.807, 2.05) is 6.92 Å². The number of amides is 1. The summed E-state index contributed by atoms with van der Waals surface area (Å²) < 4.78 is 4.98. The van der Waals surface area contributed by atoms with E-state index in [2.05, 4.69) is 5.32 Å². The smallest absolute Gasteiger partial charge is 0.296 e. The Morgan fingerprint density at radius 2 is 1.85 bits per heavy atom. The number of hydrogen-bond donors (Lipinski definition) is 2. The van der Waals surface area contributed by atoms with E-state index in [0.29, 0.717) is 5.56 Å². The number of methoxy groups -OCH3 is 1. The molecule has 0 saturated carbocycles. The molecule has 2 N–H and O–H groups in total. The molecule has 0 radical (unpaired) electrons. The van der Waals surface area contributed by atoms with Gasteiger partial charge in [0.15, 0.2) is 0 Å². The maximum atomic E-state index is 12.0. The molecular weight excluding hydrogens is 340 g/mol. The van der Waals surface area contributed by atoms with Gasteiger partial charge in [0.05, 0.1) is 23.8 Å². The van der Waals surface area contributed by atoms with Crippen molar-refractivity contribution < 1.29 is 24.4 Å². The van der Waals surface area contributed by atoms with E-state index in [1.165, 1.54) is 19.2 Å². The number of aryl methyl sites for hydroxylation is 1. The molecule has 0 fully saturated rings. The van der Waals surface area contributed by atoms with Crippen molar-refractivity contribution in [3.8, 4) is 5.75 Å². The predicted octanol–water partition coefficient (Wildman–Crippen LogP) is 3.02. The van der Waals surface area contributed by atoms with Gasteiger partial charge in [-0.15, -0.1) is 0 Å². The Hall–Kier alpha value is -3.68. The zero-order valence-corrected chi connectivity index (χ0v) is 14.1. The highest BCUT2D eigenvalue weighted by molar-refractivity contribution is 6.45. The lowest BCUT2D eigenvalue weighted by Crippen LogP contribution is -2.21. The molecule has 0 aliphatic rings. The third-order valence-electron chi connectivity index (χ3n) is 3.48. The van der Waals surface area contributed by atoms with Crippen LogP contribution in [0.15, 0.2) is 48.5 Å². The van der Waals surface area contributed by atoms with Crippen LogP contribution in [-0.4, -0.2) is 28.8 Å². The summed E-state index contributed by atoms with van der Waals surface area (Å²) in [4.78, 5) is 34.1. The number of rotatable bonds is 6. The summed E-state index contributed by atoms with van der Waals surface area (Å²) in [5.74, 6) is -2.31. The average molecular weight is 356 g/mol. The first kappa shape index (κ1) is 18.7. The molecule has 8 heteroatoms. The summed E-state index contributed by atoms with van der Waals surface area (Å²) in [5.41, 5.74) is 1.25. The topological polar surface area (TPSA) is 119 Å². The molecular formula is C18H16N2O6. The largest absolute Gasteiger partial charge is 0.507 e. The number of nitro groups is 1. The number of aliphatic hydroxyl groups is 1. The lowest BCUT2D eigenvalue weighted by Gasteiger charge is -2.08. The maximum absolute atomic E-state index is 12.0. The molecule has 0 spiro atoms. The second-order valence-electron chi connectivity index (χ2n) is 5.36. The molecule has 0 bridgehead atoms. The van der Waals surface area contributed by atoms with Crippen LogP contribution in [0.4, 0.5) is 11.4 Å². The molecule has 2 aromatic carbocycles. The third kappa shape index (κ3) is 4.44. The van der Waals surface area contributed by atoms with Gasteiger partial charge in [0, 0.05) is 17.7 Å². The van der Waals surface area contributed by atoms with Crippen LogP contribution in [0.3, 0.4) is 0 Å². The van der Waals surface area contributed by atoms with E-state index in [-0.39, 0.29) is 22.9 Å². The molecule has 0 aliphatic carbocycles. The predicted molar refractivity (Wildman–Crippen MR) is 95.1 cm³/mol. The number of hydrogen-bond acceptors (Lipinski definition) is 6. The van der Waals surface area contributed by atoms with E-state index < -0.39 is 16.6 Å². The van der Waals surface area contributed by atoms with Crippen LogP contribution < -0.4 is 10.1 Å². The highest BCUT2D eigenvalue weighted by atomic mass is 16.6. The number of nitro benzene ring substituents is 1. The lowest BCUT2D eigenvalue weighted by atomic mass is 10.1. The van der Waals surface area contributed by atoms with Gasteiger partial charge in [-0.2, -0.15) is 0 Å². The minimum atomic E-state index is -1.02. The number of aliphatic hydroxyl groups excluding tert-OH is 1. The summed E-state index contributed by atoms with van der Waals surface area (Å²) in [6, 6.07) is 10.3. The fourth-order valence-electron chi connectivity index (χ4n) is 2.08. The van der Waals surface area contributed by atoms with Gasteiger partial charge in [0.25, 0.3) is 11.6 Å². The lowest BCUT2D eigenvalue weighted by molar-refractivity contribution is -0.384. The molecule has 26 heavy (non-hydrogen) atoms. The second-order valence-corrected chi connectivity index (χ2v) is 5.36. The monoisotopic (exact) mass is 356 g/mol. The average Bonchev–Trinajstić information content (AvgIpc) is 2.62. The first-order valence-corrected chi connectivity index (χ1v) is 7.47. The number of ketones is 1. The Morgan fingerprint density at radius 3 is 2.42 bits per heavy atom. The van der Waals surface area contributed by atoms with Gasteiger partial charge in [-0.05, 0) is 13.0 Å². The SMILES string of the molecule is COc1cc([N+](=O)[O-])ccc1NC(=O)C(=O)C=C(O)c1ccc(C)cc1. The standard InChI is InChI=1S/C18H16N2O6/c1-11-3-5-12(6-4-11)15(21)10-16(22)18(23)19-14-8-7-13(20(24)25)9-17(14)26-2/h3-10,21H,1-2H3,(H,19,23). The van der Waals surface area contributed by atoms with Crippen LogP contribution >= 0.6 is 0 Å². The summed E-state index contributed by atoms with van der Waals surface area (Å²) in [6.45, 7) is 1.88. The number of carbonyl (C=O) groups is 2. The molecule has 2 rings (SSSR count). The quantitative estimate of drug-likeness (QED) is 0.270. The van der Waals surface area contributed by atoms with Crippen molar-refractivity contribution >= 4 is 28.8 Å². The first-order valence-electron chi connectivity index (χ1n) is 7.47. The molecule has 2 aromatic rings. The van der Waals surface area contributed by atoms with Crippen molar-refractivity contribution in [3.63, 3.8) is 0 Å². The van der Waals surface area contributed by atoms with Crippen LogP contribution in [0.2, 0.25) is 0 Å². The Kier molecular flexibility index (Phi) is 5.69. The Labute approximate surface area is 148 Å². The summed E-state index contributed by atoms with van der Waals surface area (Å²) >= 11 is 0. The van der Waals surface area contributed by atoms with Crippen molar-refractivity contribution in [2.75, 3.05) is 12.4 Å². The van der Waals surface area contributed by atoms with Crippen molar-refractivity contribution in [2.24, 2.45) is 0 Å². The number of nitrogens with one attached hydrogen (secondary N) is 1. The summed E-state index contributed by atoms with van der Waals surface area (Å²) in [7, 11) is 1.28. The van der Waals surface area contributed by atoms with E-state index in [4.69, 9.17) is 4.74 Å². The Balaban J connectivity index is 2.16. The summed E-state index contributed by atoms with van der Waals surface area (Å²) in [5, 5.41) is 23.0. The van der Waals surface area contributed by atoms with Crippen LogP contribution in [0.5, 0.6) is 5.75 Å². The number of nitrogens with zero attached hydrogens (tertiary/aromatic N) is 1. The van der Waals surface area contributed by atoms with Crippen LogP contribution in [-0.2, 0) is 9.59 Å². The van der Waals surface area contributed by atoms with E-state index in [0.717, 1.165) is 17.7 Å². The molecule has 1 amide bonds. The Bertz CT molecular complexity index is 887. The van der Waals surface area contributed by atoms with Crippen molar-refractivity contribution in [1.29, 1.82) is 0 Å². The minimum absolute atomic E-state index is 0.0343. The third-order valence-corrected chi connectivity index (χ3v) is 3.48. The van der Waals surface area contributed by atoms with Crippen LogP contribution in [0, 0.1) is 17.0 Å². The van der Waals surface area contributed by atoms with E-state index >= 15 is 0 Å². The van der Waals surface area contributed by atoms with Gasteiger partial charge in [0.1, 0.15) is 11.5 Å². The van der Waals surface area contributed by atoms with Gasteiger partial charge in [-0.3, -0.25) is 19.7 Å². The molecule has 0 unspecified atom stereocenters. The molecule has 0 saturated heterocycles. The molecule has 0 atom stereocenters. The fraction of sp³-hybridized carbons (Fsp3) is 0.111. The molecule has 0 aliphatic heterocycles. The van der Waals surface area contributed by atoms with Crippen molar-refractivity contribution in [2.45, 2.75) is 6.92 Å². The van der Waals surface area contributed by atoms with Gasteiger partial charge in [0.2, 0.25) is 5.78 Å². The fourth-order valence-corrected chi connectivity index (χ4v) is 2.08. The zero-order chi connectivity index (χ0) is 19.3. The molecule has 134 valence electrons. The molecule has 0 heterocycles. The highest BCUT2D eigenvalue weighted by Crippen LogP contribution is 2.29. The van der Waals surface area contributed by atoms with Gasteiger partial charge >= 0.3 is 0 Å². The van der Waals surface area contributed by atoms with Crippen molar-refractivity contribution in [1.82, 2.24) is 0 Å². The van der Waals surface area contributed by atoms with Crippen LogP contribution in [0.1, 0.15) is 11.1 Å². The van der Waals surface area contributed by atoms with Gasteiger partial charge in [-0.1, -0.05) is 29.8 Å². The number of ether oxygens (including phenoxy) is 1. The minimum Gasteiger partial charge on any atom is -0.507 e. The second kappa shape index (κ2) is 7.93. The van der Waals surface area contributed by atoms with E-state index in [1.54, 1.807) is 24.3 Å². The van der Waals surface area contributed by atoms with E-state index in [9.17, 15) is 24.8 Å². The van der Waals surface area contributed by atoms with Crippen LogP contribution in [0.25, 0.3) is 5.76 Å². The maximum Gasteiger partial charge on any atom is 0.296 e. The van der Waals surface area contributed by atoms with Gasteiger partial charge in [-0.25, -0.2) is 0 Å². The number of carbonyl (C=O) groups excluding carboxylic acids is 2. The first-order chi connectivity index (χ1) is 12.3.